The van der Waals surface area contributed by atoms with Crippen molar-refractivity contribution in [3.63, 3.8) is 0 Å². The second kappa shape index (κ2) is 8.19. The van der Waals surface area contributed by atoms with Crippen LogP contribution in [0.5, 0.6) is 0 Å². The summed E-state index contributed by atoms with van der Waals surface area (Å²) in [6.07, 6.45) is 4.19. The number of nitrogens with one attached hydrogen (secondary N) is 1. The second-order valence-corrected chi connectivity index (χ2v) is 8.07. The summed E-state index contributed by atoms with van der Waals surface area (Å²) in [4.78, 5) is 20.3. The summed E-state index contributed by atoms with van der Waals surface area (Å²) in [5.41, 5.74) is 6.84. The van der Waals surface area contributed by atoms with Crippen molar-refractivity contribution in [1.29, 1.82) is 0 Å². The van der Waals surface area contributed by atoms with E-state index < -0.39 is 12.3 Å². The first-order valence-electron chi connectivity index (χ1n) is 9.71. The van der Waals surface area contributed by atoms with E-state index in [1.54, 1.807) is 6.20 Å². The fourth-order valence-corrected chi connectivity index (χ4v) is 4.33. The summed E-state index contributed by atoms with van der Waals surface area (Å²) in [6, 6.07) is 6.15. The largest absolute Gasteiger partial charge is 0.380 e. The van der Waals surface area contributed by atoms with Crippen molar-refractivity contribution in [3.8, 4) is 0 Å². The predicted octanol–water partition coefficient (Wildman–Crippen LogP) is 2.62. The number of halogens is 2. The van der Waals surface area contributed by atoms with Gasteiger partial charge in [-0.05, 0) is 18.9 Å². The first-order valence-corrected chi connectivity index (χ1v) is 10.1. The Balaban J connectivity index is 1.33. The number of pyridine rings is 1. The van der Waals surface area contributed by atoms with Gasteiger partial charge in [-0.3, -0.25) is 14.7 Å². The fraction of sp³-hybridized carbons (Fsp3) is 0.500. The number of anilines is 1. The highest BCUT2D eigenvalue weighted by atomic mass is 35.5. The summed E-state index contributed by atoms with van der Waals surface area (Å²) >= 11 is 6.27. The van der Waals surface area contributed by atoms with Crippen LogP contribution < -0.4 is 11.1 Å². The summed E-state index contributed by atoms with van der Waals surface area (Å²) in [5.74, 6) is -0.0769. The number of hydrogen-bond acceptors (Lipinski definition) is 5. The zero-order chi connectivity index (χ0) is 19.7. The smallest absolute Gasteiger partial charge is 0.238 e. The van der Waals surface area contributed by atoms with Crippen molar-refractivity contribution < 1.29 is 9.18 Å². The second-order valence-electron chi connectivity index (χ2n) is 7.66. The Bertz CT molecular complexity index is 858. The maximum absolute atomic E-state index is 13.4. The van der Waals surface area contributed by atoms with Gasteiger partial charge in [0.2, 0.25) is 5.91 Å². The standard InChI is InChI=1S/C20H25ClFN5O/c21-17-3-1-2-15-16(17)9-24-10-18(15)25-14-4-6-26(7-5-14)12-20(28)27-11-13(22)8-19(27)23/h1-3,9-10,13-14,19,25H,4-8,11-12,23H2/t13-,19-/m0/s1. The van der Waals surface area contributed by atoms with Gasteiger partial charge in [0.15, 0.2) is 0 Å². The zero-order valence-corrected chi connectivity index (χ0v) is 16.4. The van der Waals surface area contributed by atoms with Crippen LogP contribution in [0.2, 0.25) is 5.02 Å². The Morgan fingerprint density at radius 2 is 2.07 bits per heavy atom. The van der Waals surface area contributed by atoms with Gasteiger partial charge in [-0.25, -0.2) is 4.39 Å². The Morgan fingerprint density at radius 3 is 2.79 bits per heavy atom. The molecule has 2 fully saturated rings. The third-order valence-electron chi connectivity index (χ3n) is 5.67. The van der Waals surface area contributed by atoms with E-state index in [4.69, 9.17) is 17.3 Å². The lowest BCUT2D eigenvalue weighted by Gasteiger charge is -2.34. The molecule has 0 spiro atoms. The molecule has 3 N–H and O–H groups in total. The average molecular weight is 406 g/mol. The van der Waals surface area contributed by atoms with Crippen LogP contribution in [0.1, 0.15) is 19.3 Å². The molecule has 0 unspecified atom stereocenters. The molecule has 4 rings (SSSR count). The molecule has 2 aliphatic rings. The minimum absolute atomic E-state index is 0.0769. The van der Waals surface area contributed by atoms with Gasteiger partial charge in [0.05, 0.1) is 36.2 Å². The number of alkyl halides is 1. The molecular weight excluding hydrogens is 381 g/mol. The number of piperidine rings is 1. The molecule has 8 heteroatoms. The van der Waals surface area contributed by atoms with E-state index in [-0.39, 0.29) is 18.9 Å². The maximum Gasteiger partial charge on any atom is 0.238 e. The minimum Gasteiger partial charge on any atom is -0.380 e. The molecule has 1 aromatic carbocycles. The highest BCUT2D eigenvalue weighted by Crippen LogP contribution is 2.29. The topological polar surface area (TPSA) is 74.5 Å². The lowest BCUT2D eigenvalue weighted by molar-refractivity contribution is -0.133. The summed E-state index contributed by atoms with van der Waals surface area (Å²) in [5, 5.41) is 6.27. The normalized spacial score (nSPS) is 24.0. The van der Waals surface area contributed by atoms with Crippen molar-refractivity contribution in [1.82, 2.24) is 14.8 Å². The van der Waals surface area contributed by atoms with Crippen LogP contribution in [0.25, 0.3) is 10.8 Å². The van der Waals surface area contributed by atoms with E-state index in [9.17, 15) is 9.18 Å². The molecule has 2 aliphatic heterocycles. The van der Waals surface area contributed by atoms with Crippen molar-refractivity contribution in [2.75, 3.05) is 31.5 Å². The van der Waals surface area contributed by atoms with E-state index in [1.165, 1.54) is 4.90 Å². The van der Waals surface area contributed by atoms with Gasteiger partial charge in [0.1, 0.15) is 6.17 Å². The van der Waals surface area contributed by atoms with Crippen molar-refractivity contribution in [2.24, 2.45) is 5.73 Å². The minimum atomic E-state index is -1.00. The van der Waals surface area contributed by atoms with E-state index >= 15 is 0 Å². The molecule has 2 atom stereocenters. The van der Waals surface area contributed by atoms with Crippen LogP contribution in [0.15, 0.2) is 30.6 Å². The summed E-state index contributed by atoms with van der Waals surface area (Å²) in [7, 11) is 0. The van der Waals surface area contributed by atoms with Crippen LogP contribution in [0, 0.1) is 0 Å². The van der Waals surface area contributed by atoms with Crippen molar-refractivity contribution >= 4 is 34.0 Å². The number of benzene rings is 1. The zero-order valence-electron chi connectivity index (χ0n) is 15.7. The predicted molar refractivity (Wildman–Crippen MR) is 109 cm³/mol. The Labute approximate surface area is 168 Å². The van der Waals surface area contributed by atoms with Crippen LogP contribution in [0.3, 0.4) is 0 Å². The number of carbonyl (C=O) groups excluding carboxylic acids is 1. The Kier molecular flexibility index (Phi) is 5.66. The van der Waals surface area contributed by atoms with Gasteiger partial charge in [0.25, 0.3) is 0 Å². The van der Waals surface area contributed by atoms with Gasteiger partial charge in [-0.15, -0.1) is 0 Å². The molecule has 0 radical (unpaired) electrons. The number of aromatic nitrogens is 1. The average Bonchev–Trinajstić information content (AvgIpc) is 3.02. The number of nitrogens with zero attached hydrogens (tertiary/aromatic N) is 3. The van der Waals surface area contributed by atoms with Crippen LogP contribution in [-0.4, -0.2) is 65.2 Å². The molecule has 3 heterocycles. The Morgan fingerprint density at radius 1 is 1.29 bits per heavy atom. The highest BCUT2D eigenvalue weighted by molar-refractivity contribution is 6.35. The molecule has 0 bridgehead atoms. The lowest BCUT2D eigenvalue weighted by Crippen LogP contribution is -2.48. The molecule has 6 nitrogen and oxygen atoms in total. The SMILES string of the molecule is N[C@@H]1C[C@H](F)CN1C(=O)CN1CCC(Nc2cncc3c(Cl)cccc23)CC1. The fourth-order valence-electron chi connectivity index (χ4n) is 4.11. The van der Waals surface area contributed by atoms with Gasteiger partial charge in [0, 0.05) is 42.5 Å². The highest BCUT2D eigenvalue weighted by Gasteiger charge is 2.33. The first-order chi connectivity index (χ1) is 13.5. The summed E-state index contributed by atoms with van der Waals surface area (Å²) < 4.78 is 13.4. The van der Waals surface area contributed by atoms with Crippen LogP contribution in [0.4, 0.5) is 10.1 Å². The van der Waals surface area contributed by atoms with Gasteiger partial charge in [-0.2, -0.15) is 0 Å². The number of nitrogens with two attached hydrogens (primary N) is 1. The molecular formula is C20H25ClFN5O. The molecule has 1 aromatic heterocycles. The third kappa shape index (κ3) is 4.06. The van der Waals surface area contributed by atoms with Crippen LogP contribution >= 0.6 is 11.6 Å². The molecule has 2 aromatic rings. The van der Waals surface area contributed by atoms with E-state index in [0.717, 1.165) is 42.4 Å². The lowest BCUT2D eigenvalue weighted by atomic mass is 10.0. The number of carbonyl (C=O) groups is 1. The molecule has 1 amide bonds. The number of hydrogen-bond donors (Lipinski definition) is 2. The van der Waals surface area contributed by atoms with Crippen molar-refractivity contribution in [2.45, 2.75) is 37.6 Å². The van der Waals surface area contributed by atoms with Gasteiger partial charge < -0.3 is 16.0 Å². The van der Waals surface area contributed by atoms with E-state index in [1.807, 2.05) is 24.4 Å². The molecule has 28 heavy (non-hydrogen) atoms. The maximum atomic E-state index is 13.4. The molecule has 150 valence electrons. The van der Waals surface area contributed by atoms with Gasteiger partial charge >= 0.3 is 0 Å². The molecule has 0 aliphatic carbocycles. The number of rotatable bonds is 4. The monoisotopic (exact) mass is 405 g/mol. The number of likely N-dealkylation sites (tertiary alicyclic amines) is 2. The quantitative estimate of drug-likeness (QED) is 0.817. The number of fused-ring (bicyclic) bond motifs is 1. The van der Waals surface area contributed by atoms with Gasteiger partial charge in [-0.1, -0.05) is 23.7 Å². The van der Waals surface area contributed by atoms with E-state index in [0.29, 0.717) is 17.6 Å². The molecule has 2 saturated heterocycles. The van der Waals surface area contributed by atoms with E-state index in [2.05, 4.69) is 15.2 Å². The van der Waals surface area contributed by atoms with Crippen molar-refractivity contribution in [3.05, 3.63) is 35.6 Å². The molecule has 0 saturated carbocycles. The summed E-state index contributed by atoms with van der Waals surface area (Å²) in [6.45, 7) is 2.04. The number of amides is 1. The van der Waals surface area contributed by atoms with Crippen LogP contribution in [-0.2, 0) is 4.79 Å². The Hall–Kier alpha value is -1.96. The third-order valence-corrected chi connectivity index (χ3v) is 6.00. The first kappa shape index (κ1) is 19.4.